The van der Waals surface area contributed by atoms with Crippen LogP contribution in [0.15, 0.2) is 48.5 Å². The van der Waals surface area contributed by atoms with Gasteiger partial charge >= 0.3 is 0 Å². The van der Waals surface area contributed by atoms with Crippen LogP contribution in [-0.2, 0) is 9.59 Å². The molecule has 0 aliphatic carbocycles. The van der Waals surface area contributed by atoms with E-state index in [0.717, 1.165) is 16.3 Å². The molecule has 1 aliphatic heterocycles. The van der Waals surface area contributed by atoms with E-state index in [0.29, 0.717) is 29.3 Å². The molecule has 31 heavy (non-hydrogen) atoms. The van der Waals surface area contributed by atoms with Gasteiger partial charge in [0.2, 0.25) is 16.9 Å². The molecule has 3 amide bonds. The van der Waals surface area contributed by atoms with Crippen molar-refractivity contribution in [3.05, 3.63) is 64.7 Å². The number of carbonyl (C=O) groups is 3. The topological polar surface area (TPSA) is 104 Å². The van der Waals surface area contributed by atoms with Gasteiger partial charge in [-0.1, -0.05) is 29.0 Å². The van der Waals surface area contributed by atoms with Gasteiger partial charge in [-0.05, 0) is 43.3 Å². The number of benzene rings is 2. The van der Waals surface area contributed by atoms with Gasteiger partial charge in [0.15, 0.2) is 0 Å². The third-order valence-corrected chi connectivity index (χ3v) is 5.95. The quantitative estimate of drug-likeness (QED) is 0.637. The predicted molar refractivity (Wildman–Crippen MR) is 119 cm³/mol. The minimum Gasteiger partial charge on any atom is -0.326 e. The SMILES string of the molecule is CC(=O)Nc1ccc(C(=O)Nc2nnc([C@@H]3CC(=O)N(c4ccc(C)cc4)C3)s2)cc1. The smallest absolute Gasteiger partial charge is 0.257 e. The van der Waals surface area contributed by atoms with Gasteiger partial charge in [0.1, 0.15) is 5.01 Å². The van der Waals surface area contributed by atoms with E-state index in [1.54, 1.807) is 29.2 Å². The summed E-state index contributed by atoms with van der Waals surface area (Å²) in [5, 5.41) is 14.8. The monoisotopic (exact) mass is 435 g/mol. The molecule has 1 aromatic heterocycles. The number of nitrogens with one attached hydrogen (secondary N) is 2. The molecule has 158 valence electrons. The van der Waals surface area contributed by atoms with Crippen molar-refractivity contribution in [2.75, 3.05) is 22.1 Å². The van der Waals surface area contributed by atoms with E-state index in [-0.39, 0.29) is 23.6 Å². The summed E-state index contributed by atoms with van der Waals surface area (Å²) in [5.74, 6) is -0.506. The highest BCUT2D eigenvalue weighted by molar-refractivity contribution is 7.15. The highest BCUT2D eigenvalue weighted by Gasteiger charge is 2.34. The number of anilines is 3. The van der Waals surface area contributed by atoms with E-state index < -0.39 is 0 Å². The number of aromatic nitrogens is 2. The van der Waals surface area contributed by atoms with Gasteiger partial charge in [-0.2, -0.15) is 0 Å². The second kappa shape index (κ2) is 8.65. The van der Waals surface area contributed by atoms with Crippen LogP contribution in [-0.4, -0.2) is 34.5 Å². The number of aryl methyl sites for hydroxylation is 1. The molecule has 0 unspecified atom stereocenters. The number of rotatable bonds is 5. The molecular formula is C22H21N5O3S. The molecule has 8 nitrogen and oxygen atoms in total. The fourth-order valence-electron chi connectivity index (χ4n) is 3.37. The summed E-state index contributed by atoms with van der Waals surface area (Å²) in [6.45, 7) is 3.97. The molecule has 4 rings (SSSR count). The van der Waals surface area contributed by atoms with E-state index in [1.165, 1.54) is 18.3 Å². The Morgan fingerprint density at radius 1 is 1.03 bits per heavy atom. The second-order valence-electron chi connectivity index (χ2n) is 7.40. The Hall–Kier alpha value is -3.59. The van der Waals surface area contributed by atoms with Crippen LogP contribution in [0.5, 0.6) is 0 Å². The van der Waals surface area contributed by atoms with Crippen molar-refractivity contribution in [1.82, 2.24) is 10.2 Å². The first-order chi connectivity index (χ1) is 14.9. The van der Waals surface area contributed by atoms with Crippen LogP contribution < -0.4 is 15.5 Å². The zero-order chi connectivity index (χ0) is 22.0. The van der Waals surface area contributed by atoms with Crippen molar-refractivity contribution in [1.29, 1.82) is 0 Å². The van der Waals surface area contributed by atoms with Gasteiger partial charge in [0.05, 0.1) is 0 Å². The number of hydrogen-bond donors (Lipinski definition) is 2. The number of hydrogen-bond acceptors (Lipinski definition) is 6. The predicted octanol–water partition coefficient (Wildman–Crippen LogP) is 3.58. The van der Waals surface area contributed by atoms with Crippen molar-refractivity contribution in [2.45, 2.75) is 26.2 Å². The lowest BCUT2D eigenvalue weighted by Gasteiger charge is -2.16. The van der Waals surface area contributed by atoms with Crippen molar-refractivity contribution >= 4 is 45.6 Å². The third kappa shape index (κ3) is 4.77. The van der Waals surface area contributed by atoms with Crippen LogP contribution in [0.4, 0.5) is 16.5 Å². The summed E-state index contributed by atoms with van der Waals surface area (Å²) < 4.78 is 0. The van der Waals surface area contributed by atoms with Crippen molar-refractivity contribution < 1.29 is 14.4 Å². The summed E-state index contributed by atoms with van der Waals surface area (Å²) in [5.41, 5.74) is 3.07. The normalized spacial score (nSPS) is 15.7. The maximum atomic E-state index is 12.5. The van der Waals surface area contributed by atoms with Crippen molar-refractivity contribution in [3.63, 3.8) is 0 Å². The van der Waals surface area contributed by atoms with Gasteiger partial charge in [0.25, 0.3) is 5.91 Å². The van der Waals surface area contributed by atoms with E-state index in [4.69, 9.17) is 0 Å². The van der Waals surface area contributed by atoms with Gasteiger partial charge in [-0.15, -0.1) is 10.2 Å². The van der Waals surface area contributed by atoms with Gasteiger partial charge in [0, 0.05) is 42.7 Å². The van der Waals surface area contributed by atoms with Crippen LogP contribution in [0.3, 0.4) is 0 Å². The first-order valence-electron chi connectivity index (χ1n) is 9.78. The Labute approximate surface area is 183 Å². The molecule has 1 atom stereocenters. The molecule has 1 aliphatic rings. The molecule has 9 heteroatoms. The lowest BCUT2D eigenvalue weighted by Crippen LogP contribution is -2.24. The van der Waals surface area contributed by atoms with Crippen LogP contribution >= 0.6 is 11.3 Å². The van der Waals surface area contributed by atoms with E-state index in [2.05, 4.69) is 20.8 Å². The van der Waals surface area contributed by atoms with E-state index >= 15 is 0 Å². The lowest BCUT2D eigenvalue weighted by atomic mass is 10.1. The molecule has 0 bridgehead atoms. The van der Waals surface area contributed by atoms with Crippen molar-refractivity contribution in [3.8, 4) is 0 Å². The molecule has 2 heterocycles. The average Bonchev–Trinajstić information content (AvgIpc) is 3.35. The standard InChI is InChI=1S/C22H21N5O3S/c1-13-3-9-18(10-4-13)27-12-16(11-19(27)29)21-25-26-22(31-21)24-20(30)15-5-7-17(8-6-15)23-14(2)28/h3-10,16H,11-12H2,1-2H3,(H,23,28)(H,24,26,30)/t16-/m1/s1. The van der Waals surface area contributed by atoms with Crippen LogP contribution in [0, 0.1) is 6.92 Å². The summed E-state index contributed by atoms with van der Waals surface area (Å²) in [6, 6.07) is 14.4. The molecule has 0 spiro atoms. The Balaban J connectivity index is 1.40. The minimum absolute atomic E-state index is 0.0499. The number of nitrogens with zero attached hydrogens (tertiary/aromatic N) is 3. The zero-order valence-electron chi connectivity index (χ0n) is 17.1. The molecule has 3 aromatic rings. The maximum absolute atomic E-state index is 12.5. The molecule has 0 radical (unpaired) electrons. The first-order valence-corrected chi connectivity index (χ1v) is 10.6. The lowest BCUT2D eigenvalue weighted by molar-refractivity contribution is -0.117. The summed E-state index contributed by atoms with van der Waals surface area (Å²) >= 11 is 1.28. The molecule has 1 fully saturated rings. The Morgan fingerprint density at radius 3 is 2.42 bits per heavy atom. The molecule has 0 saturated carbocycles. The summed E-state index contributed by atoms with van der Waals surface area (Å²) in [6.07, 6.45) is 0.362. The molecule has 2 aromatic carbocycles. The van der Waals surface area contributed by atoms with Gasteiger partial charge < -0.3 is 10.2 Å². The Morgan fingerprint density at radius 2 is 1.74 bits per heavy atom. The first kappa shape index (κ1) is 20.7. The number of carbonyl (C=O) groups excluding carboxylic acids is 3. The highest BCUT2D eigenvalue weighted by atomic mass is 32.1. The third-order valence-electron chi connectivity index (χ3n) is 4.95. The summed E-state index contributed by atoms with van der Waals surface area (Å²) in [4.78, 5) is 37.8. The van der Waals surface area contributed by atoms with Crippen LogP contribution in [0.1, 0.15) is 40.2 Å². The van der Waals surface area contributed by atoms with Crippen molar-refractivity contribution in [2.24, 2.45) is 0 Å². The van der Waals surface area contributed by atoms with E-state index in [9.17, 15) is 14.4 Å². The molecule has 2 N–H and O–H groups in total. The summed E-state index contributed by atoms with van der Waals surface area (Å²) in [7, 11) is 0. The van der Waals surface area contributed by atoms with Crippen LogP contribution in [0.2, 0.25) is 0 Å². The number of amides is 3. The van der Waals surface area contributed by atoms with Crippen LogP contribution in [0.25, 0.3) is 0 Å². The molecule has 1 saturated heterocycles. The largest absolute Gasteiger partial charge is 0.326 e. The maximum Gasteiger partial charge on any atom is 0.257 e. The highest BCUT2D eigenvalue weighted by Crippen LogP contribution is 2.34. The zero-order valence-corrected chi connectivity index (χ0v) is 17.9. The Kier molecular flexibility index (Phi) is 5.77. The minimum atomic E-state index is -0.319. The average molecular weight is 436 g/mol. The molecular weight excluding hydrogens is 414 g/mol. The van der Waals surface area contributed by atoms with E-state index in [1.807, 2.05) is 31.2 Å². The van der Waals surface area contributed by atoms with Gasteiger partial charge in [-0.3, -0.25) is 19.7 Å². The second-order valence-corrected chi connectivity index (χ2v) is 8.41. The fraction of sp³-hybridized carbons (Fsp3) is 0.227. The Bertz CT molecular complexity index is 1120. The fourth-order valence-corrected chi connectivity index (χ4v) is 4.20. The van der Waals surface area contributed by atoms with Gasteiger partial charge in [-0.25, -0.2) is 0 Å².